The Morgan fingerprint density at radius 3 is 1.15 bits per heavy atom. The molecule has 0 aliphatic carbocycles. The first-order valence-electron chi connectivity index (χ1n) is 27.6. The molecule has 1 amide bonds. The lowest BCUT2D eigenvalue weighted by atomic mass is 10.0. The topological polar surface area (TPSA) is 95.9 Å². The number of allylic oxidation sites excluding steroid dienone is 3. The van der Waals surface area contributed by atoms with Crippen LogP contribution in [0.4, 0.5) is 0 Å². The minimum atomic E-state index is -0.852. The highest BCUT2D eigenvalue weighted by molar-refractivity contribution is 5.76. The van der Waals surface area contributed by atoms with Crippen LogP contribution >= 0.6 is 0 Å². The van der Waals surface area contributed by atoms with Gasteiger partial charge in [0.05, 0.1) is 25.4 Å². The normalized spacial score (nSPS) is 12.8. The summed E-state index contributed by atoms with van der Waals surface area (Å²) in [5.74, 6) is -0.0794. The van der Waals surface area contributed by atoms with Crippen LogP contribution in [0.2, 0.25) is 0 Å². The summed E-state index contributed by atoms with van der Waals surface area (Å²) in [6, 6.07) is -0.637. The highest BCUT2D eigenvalue weighted by atomic mass is 16.5. The predicted molar refractivity (Wildman–Crippen MR) is 269 cm³/mol. The van der Waals surface area contributed by atoms with Crippen LogP contribution in [0.25, 0.3) is 0 Å². The fraction of sp³-hybridized carbons (Fsp3) is 0.893. The smallest absolute Gasteiger partial charge is 0.305 e. The van der Waals surface area contributed by atoms with E-state index in [9.17, 15) is 19.8 Å². The second-order valence-electron chi connectivity index (χ2n) is 18.9. The Labute approximate surface area is 386 Å². The minimum absolute atomic E-state index is 0.00173. The van der Waals surface area contributed by atoms with Crippen LogP contribution in [0.1, 0.15) is 296 Å². The zero-order chi connectivity index (χ0) is 45.1. The van der Waals surface area contributed by atoms with Gasteiger partial charge in [0, 0.05) is 12.8 Å². The van der Waals surface area contributed by atoms with Gasteiger partial charge in [0.2, 0.25) is 5.91 Å². The quantitative estimate of drug-likeness (QED) is 0.0321. The maximum absolute atomic E-state index is 12.4. The van der Waals surface area contributed by atoms with Gasteiger partial charge in [0.15, 0.2) is 0 Å². The molecule has 0 aromatic heterocycles. The van der Waals surface area contributed by atoms with Gasteiger partial charge in [-0.15, -0.1) is 0 Å². The molecule has 0 spiro atoms. The average Bonchev–Trinajstić information content (AvgIpc) is 3.27. The van der Waals surface area contributed by atoms with Crippen molar-refractivity contribution < 1.29 is 24.5 Å². The van der Waals surface area contributed by atoms with E-state index >= 15 is 0 Å². The summed E-state index contributed by atoms with van der Waals surface area (Å²) in [5.41, 5.74) is 0. The van der Waals surface area contributed by atoms with Crippen molar-refractivity contribution in [1.29, 1.82) is 0 Å². The number of unbranched alkanes of at least 4 members (excludes halogenated alkanes) is 38. The molecule has 0 saturated heterocycles. The second kappa shape index (κ2) is 52.0. The molecule has 62 heavy (non-hydrogen) atoms. The number of hydrogen-bond donors (Lipinski definition) is 3. The number of esters is 1. The molecule has 0 fully saturated rings. The van der Waals surface area contributed by atoms with Crippen molar-refractivity contribution in [2.75, 3.05) is 13.2 Å². The fourth-order valence-electron chi connectivity index (χ4n) is 8.45. The summed E-state index contributed by atoms with van der Waals surface area (Å²) in [5, 5.41) is 23.1. The van der Waals surface area contributed by atoms with E-state index in [0.717, 1.165) is 57.8 Å². The van der Waals surface area contributed by atoms with Gasteiger partial charge in [-0.1, -0.05) is 250 Å². The molecular weight excluding hydrogens is 767 g/mol. The van der Waals surface area contributed by atoms with E-state index in [1.807, 2.05) is 6.08 Å². The Morgan fingerprint density at radius 2 is 0.758 bits per heavy atom. The molecule has 2 unspecified atom stereocenters. The highest BCUT2D eigenvalue weighted by Gasteiger charge is 2.18. The summed E-state index contributed by atoms with van der Waals surface area (Å²) in [7, 11) is 0. The Balaban J connectivity index is 3.49. The molecule has 0 rings (SSSR count). The standard InChI is InChI=1S/C56H107NO5/c1-3-5-7-9-11-13-15-16-17-22-25-29-32-36-40-44-48-54(59)53(52-58)57-55(60)49-45-41-37-33-30-26-23-20-18-19-21-24-27-31-35-39-43-47-51-62-56(61)50-46-42-38-34-28-14-12-10-8-6-4-2/h20,23,44,48,53-54,58-59H,3-19,21-22,24-43,45-47,49-52H2,1-2H3,(H,57,60)/b23-20-,48-44+. The molecule has 0 radical (unpaired) electrons. The Kier molecular flexibility index (Phi) is 50.6. The summed E-state index contributed by atoms with van der Waals surface area (Å²) >= 11 is 0. The molecule has 3 N–H and O–H groups in total. The third kappa shape index (κ3) is 47.8. The van der Waals surface area contributed by atoms with E-state index in [1.165, 1.54) is 212 Å². The van der Waals surface area contributed by atoms with Gasteiger partial charge >= 0.3 is 5.97 Å². The molecule has 0 heterocycles. The monoisotopic (exact) mass is 874 g/mol. The molecule has 0 aromatic rings. The second-order valence-corrected chi connectivity index (χ2v) is 18.9. The van der Waals surface area contributed by atoms with Gasteiger partial charge in [0.25, 0.3) is 0 Å². The molecule has 0 aliphatic rings. The Hall–Kier alpha value is -1.66. The van der Waals surface area contributed by atoms with E-state index in [-0.39, 0.29) is 18.5 Å². The number of rotatable bonds is 51. The zero-order valence-corrected chi connectivity index (χ0v) is 41.6. The van der Waals surface area contributed by atoms with Crippen molar-refractivity contribution in [2.45, 2.75) is 309 Å². The van der Waals surface area contributed by atoms with Gasteiger partial charge in [0.1, 0.15) is 0 Å². The maximum atomic E-state index is 12.4. The van der Waals surface area contributed by atoms with Gasteiger partial charge < -0.3 is 20.3 Å². The van der Waals surface area contributed by atoms with E-state index in [1.54, 1.807) is 6.08 Å². The molecule has 0 saturated carbocycles. The molecule has 6 heteroatoms. The highest BCUT2D eigenvalue weighted by Crippen LogP contribution is 2.16. The lowest BCUT2D eigenvalue weighted by Crippen LogP contribution is -2.45. The number of carbonyl (C=O) groups excluding carboxylic acids is 2. The van der Waals surface area contributed by atoms with Crippen LogP contribution in [0, 0.1) is 0 Å². The molecule has 6 nitrogen and oxygen atoms in total. The predicted octanol–water partition coefficient (Wildman–Crippen LogP) is 16.7. The van der Waals surface area contributed by atoms with Gasteiger partial charge in [-0.25, -0.2) is 0 Å². The first kappa shape index (κ1) is 60.3. The molecule has 0 aromatic carbocycles. The lowest BCUT2D eigenvalue weighted by Gasteiger charge is -2.20. The average molecular weight is 874 g/mol. The SMILES string of the molecule is CCCCCCCCCCCCCCCC/C=C/C(O)C(CO)NC(=O)CCCCCCC/C=C\CCCCCCCCCCCOC(=O)CCCCCCCCCCCCC. The van der Waals surface area contributed by atoms with Crippen LogP contribution in [0.3, 0.4) is 0 Å². The third-order valence-corrected chi connectivity index (χ3v) is 12.7. The number of aliphatic hydroxyl groups excluding tert-OH is 2. The first-order valence-corrected chi connectivity index (χ1v) is 27.6. The van der Waals surface area contributed by atoms with Crippen LogP contribution in [-0.2, 0) is 14.3 Å². The van der Waals surface area contributed by atoms with Crippen LogP contribution in [0.15, 0.2) is 24.3 Å². The van der Waals surface area contributed by atoms with Crippen molar-refractivity contribution in [3.8, 4) is 0 Å². The van der Waals surface area contributed by atoms with E-state index in [2.05, 4.69) is 31.3 Å². The van der Waals surface area contributed by atoms with Crippen LogP contribution in [-0.4, -0.2) is 47.4 Å². The summed E-state index contributed by atoms with van der Waals surface area (Å²) in [6.45, 7) is 4.89. The third-order valence-electron chi connectivity index (χ3n) is 12.7. The summed E-state index contributed by atoms with van der Waals surface area (Å²) < 4.78 is 5.45. The Bertz CT molecular complexity index is 966. The molecule has 2 atom stereocenters. The summed E-state index contributed by atoms with van der Waals surface area (Å²) in [6.07, 6.45) is 61.9. The number of amides is 1. The minimum Gasteiger partial charge on any atom is -0.466 e. The van der Waals surface area contributed by atoms with E-state index in [0.29, 0.717) is 19.4 Å². The number of ether oxygens (including phenoxy) is 1. The molecule has 366 valence electrons. The van der Waals surface area contributed by atoms with Crippen LogP contribution in [0.5, 0.6) is 0 Å². The number of carbonyl (C=O) groups is 2. The Morgan fingerprint density at radius 1 is 0.435 bits per heavy atom. The maximum Gasteiger partial charge on any atom is 0.305 e. The van der Waals surface area contributed by atoms with Gasteiger partial charge in [-0.2, -0.15) is 0 Å². The van der Waals surface area contributed by atoms with Gasteiger partial charge in [-0.05, 0) is 57.8 Å². The van der Waals surface area contributed by atoms with E-state index in [4.69, 9.17) is 4.74 Å². The first-order chi connectivity index (χ1) is 30.5. The molecule has 0 aliphatic heterocycles. The largest absolute Gasteiger partial charge is 0.466 e. The number of aliphatic hydroxyl groups is 2. The summed E-state index contributed by atoms with van der Waals surface area (Å²) in [4.78, 5) is 24.4. The van der Waals surface area contributed by atoms with Crippen LogP contribution < -0.4 is 5.32 Å². The van der Waals surface area contributed by atoms with Gasteiger partial charge in [-0.3, -0.25) is 9.59 Å². The van der Waals surface area contributed by atoms with Crippen molar-refractivity contribution >= 4 is 11.9 Å². The lowest BCUT2D eigenvalue weighted by molar-refractivity contribution is -0.143. The molecule has 0 bridgehead atoms. The fourth-order valence-corrected chi connectivity index (χ4v) is 8.45. The van der Waals surface area contributed by atoms with Crippen molar-refractivity contribution in [3.05, 3.63) is 24.3 Å². The van der Waals surface area contributed by atoms with Crippen molar-refractivity contribution in [2.24, 2.45) is 0 Å². The molecular formula is C56H107NO5. The van der Waals surface area contributed by atoms with Crippen molar-refractivity contribution in [3.63, 3.8) is 0 Å². The zero-order valence-electron chi connectivity index (χ0n) is 41.6. The number of hydrogen-bond acceptors (Lipinski definition) is 5. The number of nitrogens with one attached hydrogen (secondary N) is 1. The van der Waals surface area contributed by atoms with Crippen molar-refractivity contribution in [1.82, 2.24) is 5.32 Å². The van der Waals surface area contributed by atoms with E-state index < -0.39 is 12.1 Å².